The number of hydrogen-bond donors (Lipinski definition) is 1. The van der Waals surface area contributed by atoms with Gasteiger partial charge in [0, 0.05) is 34.8 Å². The quantitative estimate of drug-likeness (QED) is 0.684. The minimum absolute atomic E-state index is 0.188. The summed E-state index contributed by atoms with van der Waals surface area (Å²) in [6.07, 6.45) is 5.19. The van der Waals surface area contributed by atoms with E-state index in [0.29, 0.717) is 51.2 Å². The van der Waals surface area contributed by atoms with Gasteiger partial charge in [0.05, 0.1) is 5.56 Å². The molecule has 1 saturated carbocycles. The minimum atomic E-state index is -2.76. The number of allylic oxidation sites excluding steroid dienone is 1. The summed E-state index contributed by atoms with van der Waals surface area (Å²) in [5, 5.41) is 7.36. The lowest BCUT2D eigenvalue weighted by Crippen LogP contribution is -2.24. The van der Waals surface area contributed by atoms with Gasteiger partial charge in [-0.15, -0.1) is 11.3 Å². The predicted molar refractivity (Wildman–Crippen MR) is 107 cm³/mol. The Balaban J connectivity index is 1.53. The first-order valence-electron chi connectivity index (χ1n) is 10.3. The van der Waals surface area contributed by atoms with Crippen LogP contribution in [0.15, 0.2) is 15.7 Å². The van der Waals surface area contributed by atoms with Crippen LogP contribution in [0.3, 0.4) is 0 Å². The first-order chi connectivity index (χ1) is 14.4. The van der Waals surface area contributed by atoms with Gasteiger partial charge in [-0.2, -0.15) is 4.98 Å². The van der Waals surface area contributed by atoms with Crippen LogP contribution < -0.4 is 5.32 Å². The van der Waals surface area contributed by atoms with Crippen LogP contribution >= 0.6 is 11.3 Å². The second kappa shape index (κ2) is 7.37. The molecule has 0 saturated heterocycles. The van der Waals surface area contributed by atoms with E-state index in [1.165, 1.54) is 0 Å². The molecule has 0 aliphatic heterocycles. The molecule has 9 heteroatoms. The highest BCUT2D eigenvalue weighted by molar-refractivity contribution is 7.17. The zero-order chi connectivity index (χ0) is 20.9. The summed E-state index contributed by atoms with van der Waals surface area (Å²) in [6, 6.07) is 0. The Bertz CT molecular complexity index is 1050. The summed E-state index contributed by atoms with van der Waals surface area (Å²) >= 11 is 1.14. The number of rotatable bonds is 5. The molecule has 30 heavy (non-hydrogen) atoms. The highest BCUT2D eigenvalue weighted by atomic mass is 32.1. The molecule has 1 N–H and O–H groups in total. The number of halogens is 2. The first-order valence-corrected chi connectivity index (χ1v) is 11.1. The first kappa shape index (κ1) is 19.5. The van der Waals surface area contributed by atoms with Gasteiger partial charge in [0.1, 0.15) is 11.3 Å². The number of hydrogen-bond acceptors (Lipinski definition) is 6. The third kappa shape index (κ3) is 3.59. The van der Waals surface area contributed by atoms with Crippen molar-refractivity contribution in [1.29, 1.82) is 0 Å². The molecule has 2 aromatic heterocycles. The fourth-order valence-electron chi connectivity index (χ4n) is 4.21. The van der Waals surface area contributed by atoms with Crippen molar-refractivity contribution >= 4 is 28.5 Å². The Morgan fingerprint density at radius 3 is 2.80 bits per heavy atom. The van der Waals surface area contributed by atoms with E-state index in [2.05, 4.69) is 15.5 Å². The molecule has 2 aromatic rings. The summed E-state index contributed by atoms with van der Waals surface area (Å²) in [5.74, 6) is -1.93. The standard InChI is InChI=1S/C21H21F2N3O3S/c22-21(23)8-7-14-15(9-21)30-20(16(14)19-24-17(26-29-19)11-5-6-11)25-18(28)13-4-2-1-3-12(13)10-27/h10-11H,1-9H2,(H,25,28). The van der Waals surface area contributed by atoms with Crippen molar-refractivity contribution in [2.24, 2.45) is 0 Å². The van der Waals surface area contributed by atoms with Crippen molar-refractivity contribution in [3.05, 3.63) is 27.4 Å². The molecule has 6 nitrogen and oxygen atoms in total. The molecule has 3 aliphatic carbocycles. The zero-order valence-electron chi connectivity index (χ0n) is 16.3. The van der Waals surface area contributed by atoms with Crippen LogP contribution in [0.2, 0.25) is 0 Å². The lowest BCUT2D eigenvalue weighted by atomic mass is 9.91. The molecule has 1 fully saturated rings. The van der Waals surface area contributed by atoms with E-state index in [1.807, 2.05) is 0 Å². The Hall–Kier alpha value is -2.42. The van der Waals surface area contributed by atoms with Crippen LogP contribution in [0.5, 0.6) is 0 Å². The molecular weight excluding hydrogens is 412 g/mol. The van der Waals surface area contributed by atoms with Crippen LogP contribution in [-0.2, 0) is 22.4 Å². The summed E-state index contributed by atoms with van der Waals surface area (Å²) in [7, 11) is 0. The summed E-state index contributed by atoms with van der Waals surface area (Å²) in [5.41, 5.74) is 2.30. The van der Waals surface area contributed by atoms with E-state index in [9.17, 15) is 18.4 Å². The van der Waals surface area contributed by atoms with E-state index in [-0.39, 0.29) is 31.1 Å². The molecule has 158 valence electrons. The largest absolute Gasteiger partial charge is 0.334 e. The van der Waals surface area contributed by atoms with E-state index in [0.717, 1.165) is 48.9 Å². The van der Waals surface area contributed by atoms with Crippen molar-refractivity contribution in [3.8, 4) is 11.5 Å². The number of thiophene rings is 1. The zero-order valence-corrected chi connectivity index (χ0v) is 17.1. The summed E-state index contributed by atoms with van der Waals surface area (Å²) in [6.45, 7) is 0. The Morgan fingerprint density at radius 2 is 2.03 bits per heavy atom. The fraction of sp³-hybridized carbons (Fsp3) is 0.524. The normalized spacial score (nSPS) is 20.7. The number of aromatic nitrogens is 2. The van der Waals surface area contributed by atoms with Gasteiger partial charge in [0.25, 0.3) is 17.7 Å². The Labute approximate surface area is 175 Å². The van der Waals surface area contributed by atoms with Crippen molar-refractivity contribution in [1.82, 2.24) is 10.1 Å². The maximum atomic E-state index is 14.0. The summed E-state index contributed by atoms with van der Waals surface area (Å²) < 4.78 is 33.5. The number of alkyl halides is 2. The van der Waals surface area contributed by atoms with Gasteiger partial charge in [-0.05, 0) is 50.5 Å². The number of amides is 1. The van der Waals surface area contributed by atoms with Crippen molar-refractivity contribution in [3.63, 3.8) is 0 Å². The van der Waals surface area contributed by atoms with Gasteiger partial charge in [0.15, 0.2) is 5.82 Å². The number of nitrogens with zero attached hydrogens (tertiary/aromatic N) is 2. The molecule has 1 amide bonds. The van der Waals surface area contributed by atoms with Crippen LogP contribution in [-0.4, -0.2) is 28.3 Å². The maximum absolute atomic E-state index is 14.0. The van der Waals surface area contributed by atoms with E-state index < -0.39 is 5.92 Å². The highest BCUT2D eigenvalue weighted by Gasteiger charge is 2.39. The molecule has 3 aliphatic rings. The topological polar surface area (TPSA) is 85.1 Å². The average Bonchev–Trinajstić information content (AvgIpc) is 3.36. The average molecular weight is 433 g/mol. The number of carbonyl (C=O) groups excluding carboxylic acids is 2. The SMILES string of the molecule is O=CC1=C(C(=O)Nc2sc3c(c2-c2nc(C4CC4)no2)CCC(F)(F)C3)CCCC1. The smallest absolute Gasteiger partial charge is 0.261 e. The lowest BCUT2D eigenvalue weighted by Gasteiger charge is -2.21. The van der Waals surface area contributed by atoms with Gasteiger partial charge < -0.3 is 9.84 Å². The molecule has 0 radical (unpaired) electrons. The van der Waals surface area contributed by atoms with Gasteiger partial charge in [0.2, 0.25) is 0 Å². The summed E-state index contributed by atoms with van der Waals surface area (Å²) in [4.78, 5) is 29.3. The second-order valence-corrected chi connectivity index (χ2v) is 9.36. The van der Waals surface area contributed by atoms with Gasteiger partial charge >= 0.3 is 0 Å². The number of fused-ring (bicyclic) bond motifs is 1. The van der Waals surface area contributed by atoms with Crippen molar-refractivity contribution in [2.45, 2.75) is 69.6 Å². The molecule has 0 unspecified atom stereocenters. The van der Waals surface area contributed by atoms with Crippen molar-refractivity contribution < 1.29 is 22.9 Å². The molecule has 0 atom stereocenters. The molecular formula is C21H21F2N3O3S. The molecule has 0 aromatic carbocycles. The van der Waals surface area contributed by atoms with Gasteiger partial charge in [-0.3, -0.25) is 9.59 Å². The van der Waals surface area contributed by atoms with E-state index in [4.69, 9.17) is 4.52 Å². The van der Waals surface area contributed by atoms with Gasteiger partial charge in [-0.25, -0.2) is 8.78 Å². The van der Waals surface area contributed by atoms with E-state index >= 15 is 0 Å². The highest BCUT2D eigenvalue weighted by Crippen LogP contribution is 2.48. The Kier molecular flexibility index (Phi) is 4.80. The van der Waals surface area contributed by atoms with Crippen LogP contribution in [0.25, 0.3) is 11.5 Å². The maximum Gasteiger partial charge on any atom is 0.261 e. The number of anilines is 1. The van der Waals surface area contributed by atoms with E-state index in [1.54, 1.807) is 0 Å². The minimum Gasteiger partial charge on any atom is -0.334 e. The third-order valence-electron chi connectivity index (χ3n) is 6.00. The number of carbonyl (C=O) groups is 2. The third-order valence-corrected chi connectivity index (χ3v) is 7.15. The lowest BCUT2D eigenvalue weighted by molar-refractivity contribution is -0.113. The number of aldehydes is 1. The molecule has 0 spiro atoms. The molecule has 0 bridgehead atoms. The van der Waals surface area contributed by atoms with Crippen LogP contribution in [0, 0.1) is 0 Å². The van der Waals surface area contributed by atoms with Crippen LogP contribution in [0.1, 0.15) is 67.1 Å². The molecule has 2 heterocycles. The monoisotopic (exact) mass is 433 g/mol. The van der Waals surface area contributed by atoms with Crippen molar-refractivity contribution in [2.75, 3.05) is 5.32 Å². The van der Waals surface area contributed by atoms with Crippen LogP contribution in [0.4, 0.5) is 13.8 Å². The fourth-order valence-corrected chi connectivity index (χ4v) is 5.52. The second-order valence-electron chi connectivity index (χ2n) is 8.26. The number of nitrogens with one attached hydrogen (secondary N) is 1. The predicted octanol–water partition coefficient (Wildman–Crippen LogP) is 4.81. The van der Waals surface area contributed by atoms with Gasteiger partial charge in [-0.1, -0.05) is 5.16 Å². The molecule has 5 rings (SSSR count). The Morgan fingerprint density at radius 1 is 1.23 bits per heavy atom.